The summed E-state index contributed by atoms with van der Waals surface area (Å²) >= 11 is 0. The predicted octanol–water partition coefficient (Wildman–Crippen LogP) is 3.57. The zero-order chi connectivity index (χ0) is 21.1. The fourth-order valence-electron chi connectivity index (χ4n) is 4.01. The number of rotatable bonds is 4. The number of nitrogens with zero attached hydrogens (tertiary/aromatic N) is 4. The fourth-order valence-corrected chi connectivity index (χ4v) is 4.01. The second-order valence-corrected chi connectivity index (χ2v) is 7.88. The molecule has 0 spiro atoms. The summed E-state index contributed by atoms with van der Waals surface area (Å²) in [5.41, 5.74) is 4.41. The standard InChI is InChI=1S/C24H27FN4O/c1-18-14-21(7-8-26-18)23-6-5-20(15-24(23)25)16-27-9-3-4-22(17-27)29-12-10-28(11-13-29)19(2)30/h3-8,14-15,17H,9-13,16H2,1-2H3. The molecule has 1 aromatic carbocycles. The number of allylic oxidation sites excluding steroid dienone is 1. The van der Waals surface area contributed by atoms with Crippen molar-refractivity contribution in [1.29, 1.82) is 0 Å². The van der Waals surface area contributed by atoms with Crippen LogP contribution in [0.1, 0.15) is 18.2 Å². The topological polar surface area (TPSA) is 39.7 Å². The minimum atomic E-state index is -0.213. The zero-order valence-corrected chi connectivity index (χ0v) is 17.5. The highest BCUT2D eigenvalue weighted by Gasteiger charge is 2.20. The van der Waals surface area contributed by atoms with Gasteiger partial charge in [0.15, 0.2) is 0 Å². The van der Waals surface area contributed by atoms with Gasteiger partial charge in [-0.25, -0.2) is 4.39 Å². The van der Waals surface area contributed by atoms with Gasteiger partial charge in [0, 0.05) is 69.8 Å². The lowest BCUT2D eigenvalue weighted by Crippen LogP contribution is -2.47. The smallest absolute Gasteiger partial charge is 0.219 e. The summed E-state index contributed by atoms with van der Waals surface area (Å²) in [6.07, 6.45) is 8.12. The van der Waals surface area contributed by atoms with Crippen molar-refractivity contribution in [2.75, 3.05) is 32.7 Å². The van der Waals surface area contributed by atoms with Crippen molar-refractivity contribution in [2.45, 2.75) is 20.4 Å². The minimum Gasteiger partial charge on any atom is -0.368 e. The van der Waals surface area contributed by atoms with Crippen LogP contribution in [0.2, 0.25) is 0 Å². The summed E-state index contributed by atoms with van der Waals surface area (Å²) < 4.78 is 14.8. The molecule has 1 amide bonds. The number of carbonyl (C=O) groups is 1. The van der Waals surface area contributed by atoms with Crippen LogP contribution in [-0.2, 0) is 11.3 Å². The van der Waals surface area contributed by atoms with Crippen LogP contribution in [0.4, 0.5) is 4.39 Å². The van der Waals surface area contributed by atoms with Crippen LogP contribution in [0.5, 0.6) is 0 Å². The number of aromatic nitrogens is 1. The number of halogens is 1. The lowest BCUT2D eigenvalue weighted by atomic mass is 10.0. The maximum Gasteiger partial charge on any atom is 0.219 e. The van der Waals surface area contributed by atoms with Crippen LogP contribution in [0.3, 0.4) is 0 Å². The van der Waals surface area contributed by atoms with Gasteiger partial charge in [0.1, 0.15) is 5.82 Å². The predicted molar refractivity (Wildman–Crippen MR) is 116 cm³/mol. The Hall–Kier alpha value is -3.15. The molecule has 2 aliphatic heterocycles. The average molecular weight is 407 g/mol. The third-order valence-electron chi connectivity index (χ3n) is 5.66. The molecule has 2 aliphatic rings. The van der Waals surface area contributed by atoms with Crippen molar-refractivity contribution in [1.82, 2.24) is 19.7 Å². The lowest BCUT2D eigenvalue weighted by molar-refractivity contribution is -0.130. The van der Waals surface area contributed by atoms with E-state index in [9.17, 15) is 9.18 Å². The van der Waals surface area contributed by atoms with Gasteiger partial charge in [-0.15, -0.1) is 0 Å². The Bertz CT molecular complexity index is 992. The highest BCUT2D eigenvalue weighted by Crippen LogP contribution is 2.25. The zero-order valence-electron chi connectivity index (χ0n) is 17.5. The number of hydrogen-bond donors (Lipinski definition) is 0. The summed E-state index contributed by atoms with van der Waals surface area (Å²) in [5.74, 6) is -0.0768. The van der Waals surface area contributed by atoms with Gasteiger partial charge in [-0.1, -0.05) is 18.2 Å². The maximum absolute atomic E-state index is 14.8. The third-order valence-corrected chi connectivity index (χ3v) is 5.66. The molecule has 5 nitrogen and oxygen atoms in total. The Morgan fingerprint density at radius 3 is 2.63 bits per heavy atom. The Morgan fingerprint density at radius 2 is 1.93 bits per heavy atom. The van der Waals surface area contributed by atoms with E-state index in [0.29, 0.717) is 12.1 Å². The lowest BCUT2D eigenvalue weighted by Gasteiger charge is -2.37. The first kappa shape index (κ1) is 20.1. The largest absolute Gasteiger partial charge is 0.368 e. The molecule has 30 heavy (non-hydrogen) atoms. The monoisotopic (exact) mass is 406 g/mol. The van der Waals surface area contributed by atoms with Crippen LogP contribution in [-0.4, -0.2) is 58.3 Å². The Kier molecular flexibility index (Phi) is 5.84. The van der Waals surface area contributed by atoms with Crippen molar-refractivity contribution < 1.29 is 9.18 Å². The van der Waals surface area contributed by atoms with Crippen LogP contribution in [0.25, 0.3) is 11.1 Å². The summed E-state index contributed by atoms with van der Waals surface area (Å²) in [6, 6.07) is 9.20. The molecule has 156 valence electrons. The third kappa shape index (κ3) is 4.53. The Morgan fingerprint density at radius 1 is 1.13 bits per heavy atom. The van der Waals surface area contributed by atoms with Crippen molar-refractivity contribution in [3.05, 3.63) is 77.7 Å². The van der Waals surface area contributed by atoms with E-state index in [1.165, 1.54) is 0 Å². The van der Waals surface area contributed by atoms with E-state index in [1.54, 1.807) is 19.2 Å². The van der Waals surface area contributed by atoms with Gasteiger partial charge >= 0.3 is 0 Å². The van der Waals surface area contributed by atoms with E-state index in [2.05, 4.69) is 33.1 Å². The summed E-state index contributed by atoms with van der Waals surface area (Å²) in [7, 11) is 0. The van der Waals surface area contributed by atoms with Gasteiger partial charge in [-0.3, -0.25) is 9.78 Å². The van der Waals surface area contributed by atoms with Crippen molar-refractivity contribution in [2.24, 2.45) is 0 Å². The SMILES string of the molecule is CC(=O)N1CCN(C2=CN(Cc3ccc(-c4ccnc(C)c4)c(F)c3)CC=C2)CC1. The maximum atomic E-state index is 14.8. The number of piperazine rings is 1. The van der Waals surface area contributed by atoms with Gasteiger partial charge in [-0.2, -0.15) is 0 Å². The fraction of sp³-hybridized carbons (Fsp3) is 0.333. The second-order valence-electron chi connectivity index (χ2n) is 7.88. The van der Waals surface area contributed by atoms with E-state index in [4.69, 9.17) is 0 Å². The molecule has 1 fully saturated rings. The summed E-state index contributed by atoms with van der Waals surface area (Å²) in [4.78, 5) is 22.1. The Balaban J connectivity index is 1.43. The molecule has 1 saturated heterocycles. The molecule has 6 heteroatoms. The van der Waals surface area contributed by atoms with E-state index >= 15 is 0 Å². The van der Waals surface area contributed by atoms with Crippen LogP contribution < -0.4 is 0 Å². The van der Waals surface area contributed by atoms with Crippen LogP contribution in [0.15, 0.2) is 60.6 Å². The second kappa shape index (κ2) is 8.69. The number of carbonyl (C=O) groups excluding carboxylic acids is 1. The van der Waals surface area contributed by atoms with Crippen molar-refractivity contribution in [3.8, 4) is 11.1 Å². The quantitative estimate of drug-likeness (QED) is 0.778. The molecule has 4 rings (SSSR count). The average Bonchev–Trinajstić information content (AvgIpc) is 2.74. The molecule has 0 unspecified atom stereocenters. The molecule has 0 saturated carbocycles. The molecule has 0 aliphatic carbocycles. The summed E-state index contributed by atoms with van der Waals surface area (Å²) in [6.45, 7) is 8.14. The van der Waals surface area contributed by atoms with Crippen molar-refractivity contribution >= 4 is 5.91 Å². The molecule has 0 atom stereocenters. The highest BCUT2D eigenvalue weighted by molar-refractivity contribution is 5.73. The van der Waals surface area contributed by atoms with E-state index in [0.717, 1.165) is 55.2 Å². The first-order chi connectivity index (χ1) is 14.5. The van der Waals surface area contributed by atoms with Gasteiger partial charge in [0.25, 0.3) is 0 Å². The molecular formula is C24H27FN4O. The van der Waals surface area contributed by atoms with Crippen LogP contribution >= 0.6 is 0 Å². The molecule has 3 heterocycles. The number of amides is 1. The Labute approximate surface area is 177 Å². The molecule has 0 bridgehead atoms. The first-order valence-corrected chi connectivity index (χ1v) is 10.3. The summed E-state index contributed by atoms with van der Waals surface area (Å²) in [5, 5.41) is 0. The molecular weight excluding hydrogens is 379 g/mol. The normalized spacial score (nSPS) is 16.6. The number of aryl methyl sites for hydroxylation is 1. The van der Waals surface area contributed by atoms with Crippen LogP contribution in [0, 0.1) is 12.7 Å². The molecule has 0 N–H and O–H groups in total. The van der Waals surface area contributed by atoms with Crippen molar-refractivity contribution in [3.63, 3.8) is 0 Å². The van der Waals surface area contributed by atoms with Gasteiger partial charge in [0.05, 0.1) is 5.70 Å². The first-order valence-electron chi connectivity index (χ1n) is 10.3. The van der Waals surface area contributed by atoms with Gasteiger partial charge < -0.3 is 14.7 Å². The molecule has 1 aromatic heterocycles. The van der Waals surface area contributed by atoms with E-state index in [-0.39, 0.29) is 11.7 Å². The highest BCUT2D eigenvalue weighted by atomic mass is 19.1. The van der Waals surface area contributed by atoms with E-state index in [1.807, 2.05) is 36.1 Å². The minimum absolute atomic E-state index is 0.136. The van der Waals surface area contributed by atoms with Gasteiger partial charge in [-0.05, 0) is 42.3 Å². The number of benzene rings is 1. The van der Waals surface area contributed by atoms with E-state index < -0.39 is 0 Å². The molecule has 0 radical (unpaired) electrons. The van der Waals surface area contributed by atoms with Gasteiger partial charge in [0.2, 0.25) is 5.91 Å². The molecule has 2 aromatic rings. The number of hydrogen-bond acceptors (Lipinski definition) is 4. The number of pyridine rings is 1.